The number of aromatic nitrogens is 3. The van der Waals surface area contributed by atoms with Gasteiger partial charge in [0.15, 0.2) is 0 Å². The van der Waals surface area contributed by atoms with Gasteiger partial charge >= 0.3 is 0 Å². The van der Waals surface area contributed by atoms with Crippen LogP contribution in [0, 0.1) is 12.7 Å². The summed E-state index contributed by atoms with van der Waals surface area (Å²) in [5.74, 6) is 0.413. The third-order valence-electron chi connectivity index (χ3n) is 4.99. The predicted octanol–water partition coefficient (Wildman–Crippen LogP) is 4.79. The first kappa shape index (κ1) is 22.3. The quantitative estimate of drug-likeness (QED) is 0.365. The number of amides is 1. The van der Waals surface area contributed by atoms with E-state index >= 15 is 0 Å². The van der Waals surface area contributed by atoms with Crippen molar-refractivity contribution in [3.63, 3.8) is 0 Å². The standard InChI is InChI=1S/C24H21ClFN5O2/c1-15-13-28-24(29-20-7-6-18(26)12-19(20)25)30-22(15)31-11-9-17(14-31)23(33)27-10-8-16-4-2-3-5-21(16)32/h2-7,9,11-14,32H,8,10H2,1H3,(H,27,33)(H,28,29,30). The number of nitrogens with zero attached hydrogens (tertiary/aromatic N) is 3. The fourth-order valence-electron chi connectivity index (χ4n) is 3.26. The molecule has 1 amide bonds. The van der Waals surface area contributed by atoms with Crippen LogP contribution in [0.5, 0.6) is 5.75 Å². The lowest BCUT2D eigenvalue weighted by atomic mass is 10.1. The normalized spacial score (nSPS) is 10.8. The highest BCUT2D eigenvalue weighted by atomic mass is 35.5. The highest BCUT2D eigenvalue weighted by molar-refractivity contribution is 6.33. The van der Waals surface area contributed by atoms with Crippen LogP contribution in [0.2, 0.25) is 5.02 Å². The summed E-state index contributed by atoms with van der Waals surface area (Å²) in [4.78, 5) is 21.3. The van der Waals surface area contributed by atoms with Gasteiger partial charge in [-0.1, -0.05) is 29.8 Å². The van der Waals surface area contributed by atoms with Gasteiger partial charge in [0, 0.05) is 30.7 Å². The van der Waals surface area contributed by atoms with E-state index in [1.807, 2.05) is 19.1 Å². The van der Waals surface area contributed by atoms with Crippen LogP contribution < -0.4 is 10.6 Å². The number of nitrogens with one attached hydrogen (secondary N) is 2. The lowest BCUT2D eigenvalue weighted by molar-refractivity contribution is 0.0954. The van der Waals surface area contributed by atoms with Gasteiger partial charge in [-0.05, 0) is 49.2 Å². The number of carbonyl (C=O) groups is 1. The average molecular weight is 466 g/mol. The van der Waals surface area contributed by atoms with Gasteiger partial charge in [0.2, 0.25) is 5.95 Å². The molecule has 0 aliphatic carbocycles. The van der Waals surface area contributed by atoms with Crippen molar-refractivity contribution in [2.45, 2.75) is 13.3 Å². The molecule has 2 heterocycles. The number of phenols is 1. The van der Waals surface area contributed by atoms with Gasteiger partial charge in [-0.3, -0.25) is 4.79 Å². The molecule has 7 nitrogen and oxygen atoms in total. The fraction of sp³-hybridized carbons (Fsp3) is 0.125. The van der Waals surface area contributed by atoms with E-state index < -0.39 is 5.82 Å². The first-order chi connectivity index (χ1) is 15.9. The number of aromatic hydroxyl groups is 1. The minimum atomic E-state index is -0.435. The molecule has 0 aliphatic heterocycles. The summed E-state index contributed by atoms with van der Waals surface area (Å²) >= 11 is 6.07. The molecule has 0 atom stereocenters. The number of anilines is 2. The Kier molecular flexibility index (Phi) is 6.55. The van der Waals surface area contributed by atoms with E-state index in [0.717, 1.165) is 11.1 Å². The van der Waals surface area contributed by atoms with Crippen LogP contribution in [0.1, 0.15) is 21.5 Å². The number of para-hydroxylation sites is 1. The molecule has 4 rings (SSSR count). The van der Waals surface area contributed by atoms with Crippen molar-refractivity contribution < 1.29 is 14.3 Å². The van der Waals surface area contributed by atoms with Crippen molar-refractivity contribution in [1.29, 1.82) is 0 Å². The maximum absolute atomic E-state index is 13.3. The number of halogens is 2. The molecule has 0 unspecified atom stereocenters. The summed E-state index contributed by atoms with van der Waals surface area (Å²) < 4.78 is 15.0. The number of rotatable bonds is 7. The Bertz CT molecular complexity index is 1310. The molecule has 9 heteroatoms. The first-order valence-corrected chi connectivity index (χ1v) is 10.6. The number of benzene rings is 2. The second-order valence-electron chi connectivity index (χ2n) is 7.39. The third kappa shape index (κ3) is 5.30. The minimum Gasteiger partial charge on any atom is -0.508 e. The van der Waals surface area contributed by atoms with Crippen molar-refractivity contribution in [3.05, 3.63) is 94.7 Å². The smallest absolute Gasteiger partial charge is 0.252 e. The monoisotopic (exact) mass is 465 g/mol. The topological polar surface area (TPSA) is 92.1 Å². The van der Waals surface area contributed by atoms with E-state index in [1.54, 1.807) is 41.4 Å². The molecule has 0 bridgehead atoms. The Morgan fingerprint density at radius 2 is 2.03 bits per heavy atom. The molecule has 0 saturated carbocycles. The summed E-state index contributed by atoms with van der Waals surface area (Å²) in [6.45, 7) is 2.25. The van der Waals surface area contributed by atoms with Crippen molar-refractivity contribution in [1.82, 2.24) is 19.9 Å². The first-order valence-electron chi connectivity index (χ1n) is 10.2. The molecular weight excluding hydrogens is 445 g/mol. The molecule has 4 aromatic rings. The van der Waals surface area contributed by atoms with Crippen LogP contribution in [-0.4, -0.2) is 32.1 Å². The lowest BCUT2D eigenvalue weighted by Crippen LogP contribution is -2.25. The third-order valence-corrected chi connectivity index (χ3v) is 5.31. The van der Waals surface area contributed by atoms with E-state index in [1.165, 1.54) is 18.2 Å². The van der Waals surface area contributed by atoms with Crippen molar-refractivity contribution in [3.8, 4) is 11.6 Å². The van der Waals surface area contributed by atoms with Gasteiger partial charge in [-0.15, -0.1) is 0 Å². The van der Waals surface area contributed by atoms with E-state index in [9.17, 15) is 14.3 Å². The largest absolute Gasteiger partial charge is 0.508 e. The van der Waals surface area contributed by atoms with E-state index in [0.29, 0.717) is 30.0 Å². The Labute approximate surface area is 194 Å². The lowest BCUT2D eigenvalue weighted by Gasteiger charge is -2.11. The molecule has 0 fully saturated rings. The van der Waals surface area contributed by atoms with Gasteiger partial charge in [0.1, 0.15) is 17.4 Å². The Morgan fingerprint density at radius 1 is 1.21 bits per heavy atom. The van der Waals surface area contributed by atoms with Gasteiger partial charge in [-0.25, -0.2) is 9.37 Å². The number of hydrogen-bond acceptors (Lipinski definition) is 5. The Balaban J connectivity index is 1.45. The summed E-state index contributed by atoms with van der Waals surface area (Å²) in [5.41, 5.74) is 2.52. The number of hydrogen-bond donors (Lipinski definition) is 3. The Morgan fingerprint density at radius 3 is 2.82 bits per heavy atom. The molecule has 33 heavy (non-hydrogen) atoms. The van der Waals surface area contributed by atoms with Gasteiger partial charge < -0.3 is 20.3 Å². The molecule has 0 aliphatic rings. The summed E-state index contributed by atoms with van der Waals surface area (Å²) in [6, 6.07) is 12.7. The Hall–Kier alpha value is -3.91. The molecule has 2 aromatic carbocycles. The summed E-state index contributed by atoms with van der Waals surface area (Å²) in [6.07, 6.45) is 5.58. The molecular formula is C24H21ClFN5O2. The van der Waals surface area contributed by atoms with Crippen LogP contribution in [0.3, 0.4) is 0 Å². The average Bonchev–Trinajstić information content (AvgIpc) is 3.28. The van der Waals surface area contributed by atoms with Crippen molar-refractivity contribution in [2.75, 3.05) is 11.9 Å². The van der Waals surface area contributed by atoms with Crippen LogP contribution >= 0.6 is 11.6 Å². The second kappa shape index (κ2) is 9.70. The predicted molar refractivity (Wildman–Crippen MR) is 125 cm³/mol. The van der Waals surface area contributed by atoms with E-state index in [-0.39, 0.29) is 22.6 Å². The maximum Gasteiger partial charge on any atom is 0.252 e. The minimum absolute atomic E-state index is 0.212. The van der Waals surface area contributed by atoms with E-state index in [4.69, 9.17) is 11.6 Å². The molecule has 0 spiro atoms. The highest BCUT2D eigenvalue weighted by Crippen LogP contribution is 2.25. The number of aryl methyl sites for hydroxylation is 1. The van der Waals surface area contributed by atoms with Crippen LogP contribution in [0.25, 0.3) is 5.82 Å². The molecule has 0 saturated heterocycles. The maximum atomic E-state index is 13.3. The molecule has 168 valence electrons. The highest BCUT2D eigenvalue weighted by Gasteiger charge is 2.12. The SMILES string of the molecule is Cc1cnc(Nc2ccc(F)cc2Cl)nc1-n1ccc(C(=O)NCCc2ccccc2O)c1. The molecule has 2 aromatic heterocycles. The second-order valence-corrected chi connectivity index (χ2v) is 7.80. The molecule has 3 N–H and O–H groups in total. The van der Waals surface area contributed by atoms with Gasteiger partial charge in [0.05, 0.1) is 16.3 Å². The summed E-state index contributed by atoms with van der Waals surface area (Å²) in [5, 5.41) is 15.9. The fourth-order valence-corrected chi connectivity index (χ4v) is 3.48. The van der Waals surface area contributed by atoms with Crippen molar-refractivity contribution in [2.24, 2.45) is 0 Å². The zero-order valence-corrected chi connectivity index (χ0v) is 18.5. The van der Waals surface area contributed by atoms with Crippen LogP contribution in [0.15, 0.2) is 67.1 Å². The molecule has 0 radical (unpaired) electrons. The summed E-state index contributed by atoms with van der Waals surface area (Å²) in [7, 11) is 0. The number of phenolic OH excluding ortho intramolecular Hbond substituents is 1. The number of carbonyl (C=O) groups excluding carboxylic acids is 1. The van der Waals surface area contributed by atoms with Crippen LogP contribution in [-0.2, 0) is 6.42 Å². The van der Waals surface area contributed by atoms with Crippen LogP contribution in [0.4, 0.5) is 16.0 Å². The van der Waals surface area contributed by atoms with E-state index in [2.05, 4.69) is 20.6 Å². The van der Waals surface area contributed by atoms with Gasteiger partial charge in [0.25, 0.3) is 5.91 Å². The zero-order valence-electron chi connectivity index (χ0n) is 17.7. The van der Waals surface area contributed by atoms with Crippen molar-refractivity contribution >= 4 is 29.1 Å². The zero-order chi connectivity index (χ0) is 23.4. The van der Waals surface area contributed by atoms with Gasteiger partial charge in [-0.2, -0.15) is 4.98 Å².